The molecule has 0 saturated carbocycles. The summed E-state index contributed by atoms with van der Waals surface area (Å²) in [5.74, 6) is 0.733. The molecule has 440 valence electrons. The third-order valence-corrected chi connectivity index (χ3v) is 18.2. The number of likely N-dealkylation sites (N-methyl/N-ethyl adjacent to an activating group) is 1. The Hall–Kier alpha value is -7.49. The summed E-state index contributed by atoms with van der Waals surface area (Å²) in [5, 5.41) is 10.6. The largest absolute Gasteiger partial charge is 0.399 e. The van der Waals surface area contributed by atoms with Gasteiger partial charge in [-0.05, 0) is 130 Å². The Kier molecular flexibility index (Phi) is 18.2. The van der Waals surface area contributed by atoms with Gasteiger partial charge in [0.05, 0.1) is 4.88 Å². The zero-order chi connectivity index (χ0) is 59.5. The van der Waals surface area contributed by atoms with Crippen molar-refractivity contribution in [2.24, 2.45) is 11.7 Å². The molecule has 0 spiro atoms. The number of likely N-dealkylation sites (tertiary alicyclic amines) is 1. The van der Waals surface area contributed by atoms with Gasteiger partial charge in [-0.2, -0.15) is 8.78 Å². The van der Waals surface area contributed by atoms with E-state index in [2.05, 4.69) is 33.1 Å². The SMILES string of the molecule is CN1CC[C@H]2CC[C@@H](C(=O)N[C@@H](CCC(N)=O)C(=O)N[C@@H](Cc3cccc(F)c3)C(=O)N3CCC(CCC#Cc4cccc5c4CN(C4CCC(=O)NC4=O)C5=O)CC3)N2C(=O)[C@@H](NC(=O)c2cc3cc(C(F)(F)P(=O)(O)O)ccc3s2)C1. The van der Waals surface area contributed by atoms with E-state index in [0.717, 1.165) is 29.0 Å². The number of nitrogens with zero attached hydrogens (tertiary/aromatic N) is 4. The number of carbonyl (C=O) groups is 9. The second-order valence-electron chi connectivity index (χ2n) is 21.8. The highest BCUT2D eigenvalue weighted by Crippen LogP contribution is 2.59. The smallest absolute Gasteiger partial charge is 0.370 e. The predicted octanol–water partition coefficient (Wildman–Crippen LogP) is 3.37. The number of nitrogens with one attached hydrogen (secondary N) is 4. The van der Waals surface area contributed by atoms with E-state index in [1.54, 1.807) is 30.1 Å². The average molecular weight is 1190 g/mol. The summed E-state index contributed by atoms with van der Waals surface area (Å²) in [7, 11) is -4.12. The first-order valence-electron chi connectivity index (χ1n) is 27.4. The number of nitrogens with two attached hydrogens (primary N) is 1. The first-order chi connectivity index (χ1) is 39.4. The van der Waals surface area contributed by atoms with Gasteiger partial charge in [-0.25, -0.2) is 4.39 Å². The first-order valence-corrected chi connectivity index (χ1v) is 29.9. The number of rotatable bonds is 17. The van der Waals surface area contributed by atoms with Gasteiger partial charge in [0.15, 0.2) is 0 Å². The number of alkyl halides is 2. The third kappa shape index (κ3) is 13.6. The summed E-state index contributed by atoms with van der Waals surface area (Å²) in [6.07, 6.45) is 3.09. The molecule has 8 N–H and O–H groups in total. The van der Waals surface area contributed by atoms with Crippen LogP contribution in [0.25, 0.3) is 10.1 Å². The maximum atomic E-state index is 14.6. The van der Waals surface area contributed by atoms with Crippen LogP contribution in [0.1, 0.15) is 113 Å². The molecule has 5 aliphatic heterocycles. The minimum absolute atomic E-state index is 0.0129. The van der Waals surface area contributed by atoms with Crippen molar-refractivity contribution < 1.29 is 70.7 Å². The molecule has 9 amide bonds. The van der Waals surface area contributed by atoms with E-state index in [-0.39, 0.29) is 79.6 Å². The molecular formula is C57H63F3N9O12PS. The van der Waals surface area contributed by atoms with Crippen molar-refractivity contribution in [3.63, 3.8) is 0 Å². The number of halogens is 3. The van der Waals surface area contributed by atoms with Gasteiger partial charge in [0, 0.05) is 79.3 Å². The van der Waals surface area contributed by atoms with Crippen LogP contribution < -0.4 is 27.0 Å². The highest BCUT2D eigenvalue weighted by molar-refractivity contribution is 7.52. The van der Waals surface area contributed by atoms with Crippen molar-refractivity contribution in [1.29, 1.82) is 0 Å². The molecule has 0 bridgehead atoms. The molecule has 21 nitrogen and oxygen atoms in total. The standard InChI is InChI=1S/C57H63F3N9O12PS/c1-66-23-22-38-13-15-45(69(38)56(78)43(31-66)64-53(75)47-29-35-28-36(12-17-46(35)83-47)57(59,60)82(79,80)81)52(74)62-41(14-18-48(61)70)50(72)63-42(27-33-7-4-10-37(58)26-33)55(77)67-24-20-32(21-25-67)6-2-3-8-34-9-5-11-39-40(34)30-68(54(39)76)44-16-19-49(71)65-51(44)73/h4-5,7,9-12,17,26,28-29,32,38,41-45H,2,6,13-16,18-25,27,30-31H2,1H3,(H2,61,70)(H,62,74)(H,63,72)(H,64,75)(H,65,71,73)(H2,79,80,81)/t38-,41+,42+,43+,44?,45+/m1/s1. The topological polar surface area (TPSA) is 298 Å². The second kappa shape index (κ2) is 25.2. The van der Waals surface area contributed by atoms with E-state index < -0.39 is 102 Å². The maximum absolute atomic E-state index is 14.6. The van der Waals surface area contributed by atoms with E-state index in [1.807, 2.05) is 11.0 Å². The van der Waals surface area contributed by atoms with Gasteiger partial charge in [-0.15, -0.1) is 11.3 Å². The predicted molar refractivity (Wildman–Crippen MR) is 295 cm³/mol. The highest BCUT2D eigenvalue weighted by Gasteiger charge is 2.51. The Balaban J connectivity index is 0.842. The zero-order valence-corrected chi connectivity index (χ0v) is 47.0. The van der Waals surface area contributed by atoms with Crippen molar-refractivity contribution in [3.8, 4) is 11.8 Å². The molecule has 5 aliphatic rings. The fraction of sp³-hybridized carbons (Fsp3) is 0.456. The lowest BCUT2D eigenvalue weighted by Gasteiger charge is -2.38. The molecule has 4 saturated heterocycles. The van der Waals surface area contributed by atoms with Gasteiger partial charge in [0.25, 0.3) is 11.8 Å². The van der Waals surface area contributed by atoms with E-state index in [0.29, 0.717) is 79.5 Å². The van der Waals surface area contributed by atoms with E-state index in [4.69, 9.17) is 5.73 Å². The van der Waals surface area contributed by atoms with Gasteiger partial charge in [0.1, 0.15) is 36.0 Å². The number of hydrogen-bond acceptors (Lipinski definition) is 12. The summed E-state index contributed by atoms with van der Waals surface area (Å²) >= 11 is 0.907. The first kappa shape index (κ1) is 60.1. The van der Waals surface area contributed by atoms with E-state index in [9.17, 15) is 70.7 Å². The number of fused-ring (bicyclic) bond motifs is 3. The van der Waals surface area contributed by atoms with Crippen molar-refractivity contribution in [2.45, 2.75) is 126 Å². The summed E-state index contributed by atoms with van der Waals surface area (Å²) in [5.41, 5.74) is 2.36. The van der Waals surface area contributed by atoms with Crippen molar-refractivity contribution in [2.75, 3.05) is 33.2 Å². The van der Waals surface area contributed by atoms with Crippen molar-refractivity contribution in [1.82, 2.24) is 40.9 Å². The summed E-state index contributed by atoms with van der Waals surface area (Å²) in [6, 6.07) is 8.78. The average Bonchev–Trinajstić information content (AvgIpc) is 3.48. The molecule has 4 aromatic rings. The van der Waals surface area contributed by atoms with Crippen LogP contribution in [0.15, 0.2) is 66.7 Å². The highest BCUT2D eigenvalue weighted by atomic mass is 32.1. The number of imide groups is 1. The summed E-state index contributed by atoms with van der Waals surface area (Å²) in [4.78, 5) is 146. The molecule has 1 aromatic heterocycles. The zero-order valence-electron chi connectivity index (χ0n) is 45.2. The van der Waals surface area contributed by atoms with Crippen LogP contribution in [0, 0.1) is 23.6 Å². The Morgan fingerprint density at radius 1 is 0.916 bits per heavy atom. The Labute approximate surface area is 479 Å². The Morgan fingerprint density at radius 3 is 2.40 bits per heavy atom. The maximum Gasteiger partial charge on any atom is 0.399 e. The molecule has 6 heterocycles. The van der Waals surface area contributed by atoms with Crippen molar-refractivity contribution in [3.05, 3.63) is 105 Å². The number of thiophene rings is 1. The van der Waals surface area contributed by atoms with Crippen LogP contribution in [-0.4, -0.2) is 152 Å². The van der Waals surface area contributed by atoms with Gasteiger partial charge >= 0.3 is 13.3 Å². The Bertz CT molecular complexity index is 3380. The second-order valence-corrected chi connectivity index (χ2v) is 24.6. The number of amides is 9. The molecule has 4 fully saturated rings. The fourth-order valence-corrected chi connectivity index (χ4v) is 13.1. The lowest BCUT2D eigenvalue weighted by Crippen LogP contribution is -2.61. The fourth-order valence-electron chi connectivity index (χ4n) is 11.6. The van der Waals surface area contributed by atoms with Crippen LogP contribution in [0.4, 0.5) is 13.2 Å². The lowest BCUT2D eigenvalue weighted by molar-refractivity contribution is -0.144. The minimum Gasteiger partial charge on any atom is -0.370 e. The lowest BCUT2D eigenvalue weighted by atomic mass is 9.91. The molecule has 6 atom stereocenters. The van der Waals surface area contributed by atoms with Crippen LogP contribution in [0.5, 0.6) is 0 Å². The van der Waals surface area contributed by atoms with Crippen LogP contribution in [-0.2, 0) is 56.8 Å². The molecule has 26 heteroatoms. The number of piperidine rings is 2. The van der Waals surface area contributed by atoms with Crippen molar-refractivity contribution >= 4 is 82.2 Å². The molecule has 83 heavy (non-hydrogen) atoms. The number of hydrogen-bond donors (Lipinski definition) is 7. The third-order valence-electron chi connectivity index (χ3n) is 16.1. The summed E-state index contributed by atoms with van der Waals surface area (Å²) in [6.45, 7) is 1.33. The van der Waals surface area contributed by atoms with Gasteiger partial charge < -0.3 is 51.1 Å². The van der Waals surface area contributed by atoms with Crippen LogP contribution in [0.3, 0.4) is 0 Å². The molecular weight excluding hydrogens is 1120 g/mol. The quantitative estimate of drug-likeness (QED) is 0.0454. The minimum atomic E-state index is -5.88. The van der Waals surface area contributed by atoms with Crippen LogP contribution in [0.2, 0.25) is 0 Å². The van der Waals surface area contributed by atoms with Gasteiger partial charge in [-0.3, -0.25) is 53.0 Å². The molecule has 3 aromatic carbocycles. The number of primary amides is 1. The Morgan fingerprint density at radius 2 is 1.67 bits per heavy atom. The molecule has 0 aliphatic carbocycles. The van der Waals surface area contributed by atoms with Gasteiger partial charge in [0.2, 0.25) is 41.4 Å². The normalized spacial score (nSPS) is 21.4. The molecule has 0 radical (unpaired) electrons. The molecule has 1 unspecified atom stereocenters. The number of carbonyl (C=O) groups excluding carboxylic acids is 9. The van der Waals surface area contributed by atoms with Crippen LogP contribution >= 0.6 is 18.9 Å². The van der Waals surface area contributed by atoms with Gasteiger partial charge in [-0.1, -0.05) is 36.1 Å². The summed E-state index contributed by atoms with van der Waals surface area (Å²) < 4.78 is 55.6. The number of benzene rings is 3. The van der Waals surface area contributed by atoms with E-state index >= 15 is 0 Å². The molecule has 9 rings (SSSR count). The van der Waals surface area contributed by atoms with E-state index in [1.165, 1.54) is 40.1 Å². The monoisotopic (exact) mass is 1190 g/mol.